The minimum Gasteiger partial charge on any atom is -0.259 e. The zero-order chi connectivity index (χ0) is 11.0. The average Bonchev–Trinajstić information content (AvgIpc) is 2.17. The van der Waals surface area contributed by atoms with Gasteiger partial charge >= 0.3 is 0 Å². The Morgan fingerprint density at radius 3 is 2.60 bits per heavy atom. The molecule has 2 aromatic rings. The van der Waals surface area contributed by atoms with Gasteiger partial charge in [-0.25, -0.2) is 4.98 Å². The molecule has 0 spiro atoms. The van der Waals surface area contributed by atoms with Crippen molar-refractivity contribution in [2.24, 2.45) is 0 Å². The molecule has 0 saturated heterocycles. The lowest BCUT2D eigenvalue weighted by Gasteiger charge is -2.09. The molecule has 0 aromatic carbocycles. The van der Waals surface area contributed by atoms with E-state index in [2.05, 4.69) is 39.7 Å². The molecule has 2 aromatic heterocycles. The number of halogens is 2. The third kappa shape index (κ3) is 1.99. The van der Waals surface area contributed by atoms with Crippen LogP contribution in [0, 0.1) is 0 Å². The SMILES string of the molecule is CC(C)c1ncc(Br)c2cnc(Cl)cc12. The van der Waals surface area contributed by atoms with E-state index in [1.165, 1.54) is 0 Å². The molecular weight excluding hydrogens is 275 g/mol. The van der Waals surface area contributed by atoms with Crippen molar-refractivity contribution in [3.63, 3.8) is 0 Å². The first kappa shape index (κ1) is 10.8. The molecule has 0 fully saturated rings. The second-order valence-corrected chi connectivity index (χ2v) is 4.94. The lowest BCUT2D eigenvalue weighted by Crippen LogP contribution is -1.95. The van der Waals surface area contributed by atoms with Gasteiger partial charge in [0.15, 0.2) is 0 Å². The Bertz CT molecular complexity index is 511. The first-order valence-electron chi connectivity index (χ1n) is 4.69. The smallest absolute Gasteiger partial charge is 0.129 e. The summed E-state index contributed by atoms with van der Waals surface area (Å²) in [5.74, 6) is 0.374. The van der Waals surface area contributed by atoms with Crippen molar-refractivity contribution < 1.29 is 0 Å². The van der Waals surface area contributed by atoms with Crippen LogP contribution in [-0.2, 0) is 0 Å². The Hall–Kier alpha value is -0.670. The highest BCUT2D eigenvalue weighted by molar-refractivity contribution is 9.10. The van der Waals surface area contributed by atoms with E-state index in [0.717, 1.165) is 20.9 Å². The van der Waals surface area contributed by atoms with Gasteiger partial charge in [0.25, 0.3) is 0 Å². The highest BCUT2D eigenvalue weighted by atomic mass is 79.9. The van der Waals surface area contributed by atoms with Crippen LogP contribution in [0.3, 0.4) is 0 Å². The number of hydrogen-bond acceptors (Lipinski definition) is 2. The molecule has 0 N–H and O–H groups in total. The van der Waals surface area contributed by atoms with E-state index in [9.17, 15) is 0 Å². The van der Waals surface area contributed by atoms with E-state index >= 15 is 0 Å². The van der Waals surface area contributed by atoms with Crippen LogP contribution >= 0.6 is 27.5 Å². The minimum atomic E-state index is 0.374. The molecule has 0 aliphatic carbocycles. The predicted molar refractivity (Wildman–Crippen MR) is 66.3 cm³/mol. The molecule has 0 aliphatic rings. The number of fused-ring (bicyclic) bond motifs is 1. The van der Waals surface area contributed by atoms with Crippen LogP contribution in [-0.4, -0.2) is 9.97 Å². The standard InChI is InChI=1S/C11H10BrClN2/c1-6(2)11-7-3-10(13)14-4-8(7)9(12)5-15-11/h3-6H,1-2H3. The molecule has 0 aliphatic heterocycles. The van der Waals surface area contributed by atoms with Gasteiger partial charge in [0, 0.05) is 27.6 Å². The summed E-state index contributed by atoms with van der Waals surface area (Å²) in [5, 5.41) is 2.63. The second-order valence-electron chi connectivity index (χ2n) is 3.70. The van der Waals surface area contributed by atoms with Gasteiger partial charge in [0.1, 0.15) is 5.15 Å². The van der Waals surface area contributed by atoms with Crippen molar-refractivity contribution in [1.29, 1.82) is 0 Å². The predicted octanol–water partition coefficient (Wildman–Crippen LogP) is 4.17. The maximum absolute atomic E-state index is 5.89. The fourth-order valence-electron chi connectivity index (χ4n) is 1.56. The van der Waals surface area contributed by atoms with Gasteiger partial charge in [0.05, 0.1) is 5.69 Å². The molecule has 0 amide bonds. The summed E-state index contributed by atoms with van der Waals surface area (Å²) in [6.45, 7) is 4.23. The van der Waals surface area contributed by atoms with Crippen molar-refractivity contribution in [3.8, 4) is 0 Å². The third-order valence-electron chi connectivity index (χ3n) is 2.27. The zero-order valence-corrected chi connectivity index (χ0v) is 10.8. The minimum absolute atomic E-state index is 0.374. The largest absolute Gasteiger partial charge is 0.259 e. The summed E-state index contributed by atoms with van der Waals surface area (Å²) in [6, 6.07) is 1.87. The van der Waals surface area contributed by atoms with Gasteiger partial charge < -0.3 is 0 Å². The van der Waals surface area contributed by atoms with Crippen LogP contribution in [0.2, 0.25) is 5.15 Å². The van der Waals surface area contributed by atoms with Crippen LogP contribution in [0.25, 0.3) is 10.8 Å². The van der Waals surface area contributed by atoms with E-state index in [1.54, 1.807) is 6.20 Å². The van der Waals surface area contributed by atoms with Crippen molar-refractivity contribution in [2.75, 3.05) is 0 Å². The Morgan fingerprint density at radius 2 is 1.93 bits per heavy atom. The molecular formula is C11H10BrClN2. The molecule has 0 saturated carbocycles. The molecule has 15 heavy (non-hydrogen) atoms. The second kappa shape index (κ2) is 4.06. The molecule has 0 unspecified atom stereocenters. The Kier molecular flexibility index (Phi) is 2.94. The molecule has 2 nitrogen and oxygen atoms in total. The maximum atomic E-state index is 5.89. The molecule has 0 atom stereocenters. The highest BCUT2D eigenvalue weighted by Crippen LogP contribution is 2.29. The van der Waals surface area contributed by atoms with Crippen LogP contribution in [0.1, 0.15) is 25.5 Å². The van der Waals surface area contributed by atoms with Gasteiger partial charge in [-0.15, -0.1) is 0 Å². The summed E-state index contributed by atoms with van der Waals surface area (Å²) >= 11 is 9.35. The van der Waals surface area contributed by atoms with Crippen LogP contribution in [0.5, 0.6) is 0 Å². The number of pyridine rings is 2. The molecule has 2 heterocycles. The van der Waals surface area contributed by atoms with E-state index < -0.39 is 0 Å². The summed E-state index contributed by atoms with van der Waals surface area (Å²) in [5.41, 5.74) is 1.05. The lowest BCUT2D eigenvalue weighted by atomic mass is 10.0. The van der Waals surface area contributed by atoms with E-state index in [-0.39, 0.29) is 0 Å². The van der Waals surface area contributed by atoms with Crippen LogP contribution < -0.4 is 0 Å². The summed E-state index contributed by atoms with van der Waals surface area (Å²) in [7, 11) is 0. The molecule has 78 valence electrons. The van der Waals surface area contributed by atoms with Crippen LogP contribution in [0.4, 0.5) is 0 Å². The monoisotopic (exact) mass is 284 g/mol. The van der Waals surface area contributed by atoms with Crippen molar-refractivity contribution in [2.45, 2.75) is 19.8 Å². The topological polar surface area (TPSA) is 25.8 Å². The normalized spacial score (nSPS) is 11.3. The first-order chi connectivity index (χ1) is 7.09. The molecule has 0 bridgehead atoms. The van der Waals surface area contributed by atoms with Crippen LogP contribution in [0.15, 0.2) is 22.9 Å². The zero-order valence-electron chi connectivity index (χ0n) is 8.46. The van der Waals surface area contributed by atoms with E-state index in [0.29, 0.717) is 11.1 Å². The number of rotatable bonds is 1. The highest BCUT2D eigenvalue weighted by Gasteiger charge is 2.10. The third-order valence-corrected chi connectivity index (χ3v) is 3.11. The summed E-state index contributed by atoms with van der Waals surface area (Å²) in [6.07, 6.45) is 3.59. The summed E-state index contributed by atoms with van der Waals surface area (Å²) in [4.78, 5) is 8.49. The number of nitrogens with zero attached hydrogens (tertiary/aromatic N) is 2. The molecule has 4 heteroatoms. The first-order valence-corrected chi connectivity index (χ1v) is 5.86. The molecule has 0 radical (unpaired) electrons. The Morgan fingerprint density at radius 1 is 1.20 bits per heavy atom. The Labute approximate surface area is 102 Å². The fraction of sp³-hybridized carbons (Fsp3) is 0.273. The fourth-order valence-corrected chi connectivity index (χ4v) is 2.13. The maximum Gasteiger partial charge on any atom is 0.129 e. The van der Waals surface area contributed by atoms with Gasteiger partial charge in [-0.2, -0.15) is 0 Å². The van der Waals surface area contributed by atoms with Crippen molar-refractivity contribution >= 4 is 38.3 Å². The Balaban J connectivity index is 2.84. The van der Waals surface area contributed by atoms with Gasteiger partial charge in [0.2, 0.25) is 0 Å². The molecule has 2 rings (SSSR count). The van der Waals surface area contributed by atoms with Gasteiger partial charge in [-0.1, -0.05) is 25.4 Å². The number of aromatic nitrogens is 2. The quantitative estimate of drug-likeness (QED) is 0.735. The van der Waals surface area contributed by atoms with Gasteiger partial charge in [-0.05, 0) is 27.9 Å². The van der Waals surface area contributed by atoms with Crippen molar-refractivity contribution in [1.82, 2.24) is 9.97 Å². The average molecular weight is 286 g/mol. The summed E-state index contributed by atoms with van der Waals surface area (Å²) < 4.78 is 0.950. The van der Waals surface area contributed by atoms with Crippen molar-refractivity contribution in [3.05, 3.63) is 33.8 Å². The van der Waals surface area contributed by atoms with E-state index in [4.69, 9.17) is 11.6 Å². The number of hydrogen-bond donors (Lipinski definition) is 0. The lowest BCUT2D eigenvalue weighted by molar-refractivity contribution is 0.833. The van der Waals surface area contributed by atoms with E-state index in [1.807, 2.05) is 12.3 Å². The van der Waals surface area contributed by atoms with Gasteiger partial charge in [-0.3, -0.25) is 4.98 Å².